The Balaban J connectivity index is 2.63. The Morgan fingerprint density at radius 3 is 2.60 bits per heavy atom. The molecule has 0 aromatic carbocycles. The summed E-state index contributed by atoms with van der Waals surface area (Å²) in [4.78, 5) is 2.14. The minimum absolute atomic E-state index is 0.0934. The number of anilines is 1. The molecule has 0 spiro atoms. The van der Waals surface area contributed by atoms with Gasteiger partial charge >= 0.3 is 0 Å². The molecule has 1 aromatic heterocycles. The predicted molar refractivity (Wildman–Crippen MR) is 69.2 cm³/mol. The molecule has 82 valence electrons. The van der Waals surface area contributed by atoms with Gasteiger partial charge in [0.1, 0.15) is 0 Å². The van der Waals surface area contributed by atoms with Gasteiger partial charge in [0.05, 0.1) is 20.8 Å². The summed E-state index contributed by atoms with van der Waals surface area (Å²) in [7, 11) is 2.03. The van der Waals surface area contributed by atoms with Crippen LogP contribution in [0.5, 0.6) is 0 Å². The molecule has 0 amide bonds. The van der Waals surface area contributed by atoms with Gasteiger partial charge in [0.25, 0.3) is 0 Å². The first-order valence-corrected chi connectivity index (χ1v) is 6.51. The molecule has 0 saturated carbocycles. The maximum absolute atomic E-state index is 9.01. The van der Waals surface area contributed by atoms with Gasteiger partial charge in [-0.05, 0) is 34.0 Å². The maximum atomic E-state index is 9.01. The van der Waals surface area contributed by atoms with E-state index in [2.05, 4.69) is 46.8 Å². The Bertz CT molecular complexity index is 354. The zero-order chi connectivity index (χ0) is 11.4. The Morgan fingerprint density at radius 1 is 1.53 bits per heavy atom. The molecule has 1 unspecified atom stereocenters. The monoisotopic (exact) mass is 286 g/mol. The number of hydrogen-bond acceptors (Lipinski definition) is 3. The zero-order valence-electron chi connectivity index (χ0n) is 9.20. The Kier molecular flexibility index (Phi) is 4.62. The fraction of sp³-hybridized carbons (Fsp3) is 0.545. The maximum Gasteiger partial charge on any atom is 0.0918 e. The van der Waals surface area contributed by atoms with Crippen LogP contribution in [0.2, 0.25) is 0 Å². The molecule has 0 saturated heterocycles. The third-order valence-electron chi connectivity index (χ3n) is 2.38. The van der Waals surface area contributed by atoms with Crippen molar-refractivity contribution in [2.45, 2.75) is 13.8 Å². The fourth-order valence-electron chi connectivity index (χ4n) is 1.30. The first kappa shape index (κ1) is 12.5. The molecule has 0 fully saturated rings. The van der Waals surface area contributed by atoms with Crippen molar-refractivity contribution in [2.75, 3.05) is 18.5 Å². The number of rotatable bonds is 4. The molecule has 0 radical (unpaired) electrons. The van der Waals surface area contributed by atoms with Crippen molar-refractivity contribution in [3.63, 3.8) is 0 Å². The highest BCUT2D eigenvalue weighted by atomic mass is 79.9. The summed E-state index contributed by atoms with van der Waals surface area (Å²) in [5.41, 5.74) is 0. The second-order valence-corrected chi connectivity index (χ2v) is 6.38. The van der Waals surface area contributed by atoms with E-state index in [9.17, 15) is 0 Å². The van der Waals surface area contributed by atoms with E-state index in [1.54, 1.807) is 11.3 Å². The summed E-state index contributed by atoms with van der Waals surface area (Å²) in [5, 5.41) is 10.2. The summed E-state index contributed by atoms with van der Waals surface area (Å²) in [6.07, 6.45) is 0. The van der Waals surface area contributed by atoms with Crippen LogP contribution in [0.4, 0.5) is 5.00 Å². The van der Waals surface area contributed by atoms with Crippen LogP contribution >= 0.6 is 27.3 Å². The minimum Gasteiger partial charge on any atom is -0.365 e. The van der Waals surface area contributed by atoms with Crippen LogP contribution in [0.25, 0.3) is 0 Å². The van der Waals surface area contributed by atoms with Crippen LogP contribution in [0.3, 0.4) is 0 Å². The third kappa shape index (κ3) is 3.51. The SMILES string of the molecule is CC(C)C(C#N)CN(C)c1ccc(Br)s1. The summed E-state index contributed by atoms with van der Waals surface area (Å²) < 4.78 is 1.13. The first-order valence-electron chi connectivity index (χ1n) is 4.90. The van der Waals surface area contributed by atoms with Gasteiger partial charge < -0.3 is 4.90 Å². The van der Waals surface area contributed by atoms with E-state index in [1.165, 1.54) is 5.00 Å². The van der Waals surface area contributed by atoms with Crippen molar-refractivity contribution < 1.29 is 0 Å². The van der Waals surface area contributed by atoms with Gasteiger partial charge in [-0.1, -0.05) is 13.8 Å². The quantitative estimate of drug-likeness (QED) is 0.843. The molecule has 1 heterocycles. The number of halogens is 1. The number of nitriles is 1. The molecule has 2 nitrogen and oxygen atoms in total. The van der Waals surface area contributed by atoms with Crippen molar-refractivity contribution in [1.82, 2.24) is 0 Å². The van der Waals surface area contributed by atoms with E-state index in [4.69, 9.17) is 5.26 Å². The highest BCUT2D eigenvalue weighted by molar-refractivity contribution is 9.11. The van der Waals surface area contributed by atoms with Crippen molar-refractivity contribution in [3.8, 4) is 6.07 Å². The second kappa shape index (κ2) is 5.53. The van der Waals surface area contributed by atoms with E-state index < -0.39 is 0 Å². The predicted octanol–water partition coefficient (Wildman–Crippen LogP) is 3.74. The molecule has 0 N–H and O–H groups in total. The van der Waals surface area contributed by atoms with Gasteiger partial charge in [0, 0.05) is 13.6 Å². The van der Waals surface area contributed by atoms with E-state index in [0.29, 0.717) is 5.92 Å². The van der Waals surface area contributed by atoms with Crippen molar-refractivity contribution >= 4 is 32.3 Å². The van der Waals surface area contributed by atoms with E-state index in [-0.39, 0.29) is 5.92 Å². The Morgan fingerprint density at radius 2 is 2.20 bits per heavy atom. The van der Waals surface area contributed by atoms with Gasteiger partial charge in [-0.15, -0.1) is 11.3 Å². The molecule has 0 bridgehead atoms. The van der Waals surface area contributed by atoms with Gasteiger partial charge in [-0.2, -0.15) is 5.26 Å². The van der Waals surface area contributed by atoms with E-state index in [1.807, 2.05) is 13.1 Å². The van der Waals surface area contributed by atoms with Crippen LogP contribution in [0, 0.1) is 23.2 Å². The molecule has 0 aliphatic carbocycles. The number of hydrogen-bond donors (Lipinski definition) is 0. The third-order valence-corrected chi connectivity index (χ3v) is 4.11. The van der Waals surface area contributed by atoms with Gasteiger partial charge in [0.15, 0.2) is 0 Å². The summed E-state index contributed by atoms with van der Waals surface area (Å²) >= 11 is 5.13. The lowest BCUT2D eigenvalue weighted by atomic mass is 9.97. The summed E-state index contributed by atoms with van der Waals surface area (Å²) in [6, 6.07) is 6.47. The minimum atomic E-state index is 0.0934. The molecule has 15 heavy (non-hydrogen) atoms. The second-order valence-electron chi connectivity index (χ2n) is 3.94. The van der Waals surface area contributed by atoms with Gasteiger partial charge in [-0.25, -0.2) is 0 Å². The van der Waals surface area contributed by atoms with Crippen LogP contribution in [0.1, 0.15) is 13.8 Å². The van der Waals surface area contributed by atoms with Crippen molar-refractivity contribution in [2.24, 2.45) is 11.8 Å². The standard InChI is InChI=1S/C11H15BrN2S/c1-8(2)9(6-13)7-14(3)11-5-4-10(12)15-11/h4-5,8-9H,7H2,1-3H3. The smallest absolute Gasteiger partial charge is 0.0918 e. The molecule has 1 aromatic rings. The van der Waals surface area contributed by atoms with Crippen LogP contribution in [0.15, 0.2) is 15.9 Å². The van der Waals surface area contributed by atoms with Crippen LogP contribution in [-0.2, 0) is 0 Å². The largest absolute Gasteiger partial charge is 0.365 e. The average Bonchev–Trinajstić information content (AvgIpc) is 2.60. The summed E-state index contributed by atoms with van der Waals surface area (Å²) in [5.74, 6) is 0.497. The van der Waals surface area contributed by atoms with Gasteiger partial charge in [-0.3, -0.25) is 0 Å². The first-order chi connectivity index (χ1) is 7.04. The van der Waals surface area contributed by atoms with Crippen LogP contribution in [-0.4, -0.2) is 13.6 Å². The average molecular weight is 287 g/mol. The molecule has 0 aliphatic heterocycles. The van der Waals surface area contributed by atoms with E-state index >= 15 is 0 Å². The van der Waals surface area contributed by atoms with E-state index in [0.717, 1.165) is 10.3 Å². The van der Waals surface area contributed by atoms with Crippen molar-refractivity contribution in [1.29, 1.82) is 5.26 Å². The zero-order valence-corrected chi connectivity index (χ0v) is 11.6. The number of nitrogens with zero attached hydrogens (tertiary/aromatic N) is 2. The lowest BCUT2D eigenvalue weighted by molar-refractivity contribution is 0.478. The van der Waals surface area contributed by atoms with Crippen LogP contribution < -0.4 is 4.90 Å². The molecular weight excluding hydrogens is 272 g/mol. The lowest BCUT2D eigenvalue weighted by Gasteiger charge is -2.22. The van der Waals surface area contributed by atoms with Gasteiger partial charge in [0.2, 0.25) is 0 Å². The van der Waals surface area contributed by atoms with Crippen molar-refractivity contribution in [3.05, 3.63) is 15.9 Å². The molecule has 4 heteroatoms. The summed E-state index contributed by atoms with van der Waals surface area (Å²) in [6.45, 7) is 4.97. The molecule has 0 aliphatic rings. The fourth-order valence-corrected chi connectivity index (χ4v) is 2.63. The Labute approximate surface area is 104 Å². The molecule has 1 rings (SSSR count). The number of thiophene rings is 1. The topological polar surface area (TPSA) is 27.0 Å². The lowest BCUT2D eigenvalue weighted by Crippen LogP contribution is -2.26. The highest BCUT2D eigenvalue weighted by Gasteiger charge is 2.15. The molecular formula is C11H15BrN2S. The highest BCUT2D eigenvalue weighted by Crippen LogP contribution is 2.29. The Hall–Kier alpha value is -0.530. The molecule has 1 atom stereocenters. The normalized spacial score (nSPS) is 12.5.